The van der Waals surface area contributed by atoms with Crippen molar-refractivity contribution in [1.82, 2.24) is 0 Å². The fourth-order valence-electron chi connectivity index (χ4n) is 1.22. The first-order valence-electron chi connectivity index (χ1n) is 4.57. The molecule has 0 unspecified atom stereocenters. The van der Waals surface area contributed by atoms with Crippen molar-refractivity contribution in [3.63, 3.8) is 0 Å². The molecule has 0 spiro atoms. The van der Waals surface area contributed by atoms with Crippen LogP contribution in [0.4, 0.5) is 0 Å². The van der Waals surface area contributed by atoms with Crippen molar-refractivity contribution in [2.45, 2.75) is 13.1 Å². The van der Waals surface area contributed by atoms with Gasteiger partial charge in [0.05, 0.1) is 6.16 Å². The first-order chi connectivity index (χ1) is 7.43. The molecule has 1 aromatic carbocycles. The molecular formula is C10H13Br2O3P. The largest absolute Gasteiger partial charge is 0.334 e. The first kappa shape index (κ1) is 14.4. The minimum atomic E-state index is -3.02. The van der Waals surface area contributed by atoms with Gasteiger partial charge in [0.15, 0.2) is 0 Å². The van der Waals surface area contributed by atoms with E-state index < -0.39 is 7.60 Å². The summed E-state index contributed by atoms with van der Waals surface area (Å²) in [5.74, 6) is 0. The molecular weight excluding hydrogens is 359 g/mol. The maximum Gasteiger partial charge on any atom is 0.334 e. The Kier molecular flexibility index (Phi) is 5.20. The van der Waals surface area contributed by atoms with Crippen LogP contribution in [0.5, 0.6) is 0 Å². The van der Waals surface area contributed by atoms with Gasteiger partial charge in [-0.1, -0.05) is 12.1 Å². The van der Waals surface area contributed by atoms with Crippen LogP contribution in [0.1, 0.15) is 11.1 Å². The molecule has 0 aromatic heterocycles. The molecule has 6 heteroatoms. The zero-order chi connectivity index (χ0) is 12.3. The van der Waals surface area contributed by atoms with Gasteiger partial charge < -0.3 is 9.05 Å². The number of hydrogen-bond acceptors (Lipinski definition) is 3. The second-order valence-corrected chi connectivity index (χ2v) is 7.16. The molecule has 16 heavy (non-hydrogen) atoms. The molecule has 0 aliphatic rings. The summed E-state index contributed by atoms with van der Waals surface area (Å²) >= 11 is 6.93. The molecule has 90 valence electrons. The van der Waals surface area contributed by atoms with Crippen LogP contribution >= 0.6 is 39.5 Å². The van der Waals surface area contributed by atoms with Crippen molar-refractivity contribution in [3.05, 3.63) is 32.2 Å². The third kappa shape index (κ3) is 3.17. The van der Waals surface area contributed by atoms with Crippen molar-refractivity contribution in [2.75, 3.05) is 14.2 Å². The predicted octanol–water partition coefficient (Wildman–Crippen LogP) is 4.51. The van der Waals surface area contributed by atoms with Crippen LogP contribution in [0, 0.1) is 6.92 Å². The molecule has 0 heterocycles. The Balaban J connectivity index is 3.08. The Morgan fingerprint density at radius 1 is 1.19 bits per heavy atom. The Labute approximate surface area is 112 Å². The summed E-state index contributed by atoms with van der Waals surface area (Å²) in [6.45, 7) is 1.99. The predicted molar refractivity (Wildman–Crippen MR) is 71.9 cm³/mol. The number of hydrogen-bond donors (Lipinski definition) is 0. The van der Waals surface area contributed by atoms with Gasteiger partial charge in [0.1, 0.15) is 0 Å². The highest BCUT2D eigenvalue weighted by Gasteiger charge is 2.23. The first-order valence-corrected chi connectivity index (χ1v) is 7.89. The molecule has 3 nitrogen and oxygen atoms in total. The zero-order valence-electron chi connectivity index (χ0n) is 9.29. The zero-order valence-corrected chi connectivity index (χ0v) is 13.4. The molecule has 0 N–H and O–H groups in total. The van der Waals surface area contributed by atoms with E-state index in [-0.39, 0.29) is 6.16 Å². The monoisotopic (exact) mass is 370 g/mol. The summed E-state index contributed by atoms with van der Waals surface area (Å²) < 4.78 is 23.7. The van der Waals surface area contributed by atoms with Gasteiger partial charge in [-0.25, -0.2) is 0 Å². The summed E-state index contributed by atoms with van der Waals surface area (Å²) in [6, 6.07) is 3.87. The van der Waals surface area contributed by atoms with E-state index in [1.165, 1.54) is 14.2 Å². The molecule has 0 radical (unpaired) electrons. The number of benzene rings is 1. The molecule has 0 saturated carbocycles. The average Bonchev–Trinajstić information content (AvgIpc) is 2.30. The highest BCUT2D eigenvalue weighted by atomic mass is 79.9. The van der Waals surface area contributed by atoms with Gasteiger partial charge in [0.2, 0.25) is 0 Å². The van der Waals surface area contributed by atoms with Crippen LogP contribution in [0.3, 0.4) is 0 Å². The average molecular weight is 372 g/mol. The lowest BCUT2D eigenvalue weighted by Gasteiger charge is -2.15. The van der Waals surface area contributed by atoms with E-state index in [0.717, 1.165) is 20.1 Å². The fraction of sp³-hybridized carbons (Fsp3) is 0.400. The molecule has 0 aliphatic carbocycles. The molecule has 1 aromatic rings. The van der Waals surface area contributed by atoms with Crippen molar-refractivity contribution in [3.8, 4) is 0 Å². The fourth-order valence-corrected chi connectivity index (χ4v) is 3.50. The summed E-state index contributed by atoms with van der Waals surface area (Å²) in [4.78, 5) is 0. The van der Waals surface area contributed by atoms with Crippen LogP contribution in [0.2, 0.25) is 0 Å². The lowest BCUT2D eigenvalue weighted by atomic mass is 10.2. The Morgan fingerprint density at radius 3 is 2.25 bits per heavy atom. The van der Waals surface area contributed by atoms with E-state index in [1.807, 2.05) is 19.1 Å². The van der Waals surface area contributed by atoms with E-state index in [0.29, 0.717) is 0 Å². The highest BCUT2D eigenvalue weighted by molar-refractivity contribution is 9.13. The number of aryl methyl sites for hydroxylation is 1. The molecule has 0 bridgehead atoms. The lowest BCUT2D eigenvalue weighted by Crippen LogP contribution is -1.95. The highest BCUT2D eigenvalue weighted by Crippen LogP contribution is 2.51. The number of rotatable bonds is 4. The van der Waals surface area contributed by atoms with Gasteiger partial charge in [0, 0.05) is 23.2 Å². The second-order valence-electron chi connectivity index (χ2n) is 3.30. The SMILES string of the molecule is COP(=O)(Cc1ccc(C)c(Br)c1Br)OC. The van der Waals surface area contributed by atoms with Crippen molar-refractivity contribution >= 4 is 39.5 Å². The van der Waals surface area contributed by atoms with Crippen LogP contribution in [-0.2, 0) is 19.8 Å². The van der Waals surface area contributed by atoms with Crippen LogP contribution in [0.25, 0.3) is 0 Å². The van der Waals surface area contributed by atoms with E-state index in [1.54, 1.807) is 0 Å². The second kappa shape index (κ2) is 5.78. The van der Waals surface area contributed by atoms with Gasteiger partial charge in [-0.3, -0.25) is 4.57 Å². The number of halogens is 2. The molecule has 0 fully saturated rings. The molecule has 0 aliphatic heterocycles. The molecule has 0 amide bonds. The minimum absolute atomic E-state index is 0.249. The standard InChI is InChI=1S/C10H13Br2O3P/c1-7-4-5-8(10(12)9(7)11)6-16(13,14-2)15-3/h4-5H,6H2,1-3H3. The molecule has 0 saturated heterocycles. The summed E-state index contributed by atoms with van der Waals surface area (Å²) in [5, 5.41) is 0. The van der Waals surface area contributed by atoms with Gasteiger partial charge in [0.25, 0.3) is 0 Å². The van der Waals surface area contributed by atoms with Gasteiger partial charge in [-0.2, -0.15) is 0 Å². The van der Waals surface area contributed by atoms with Crippen LogP contribution < -0.4 is 0 Å². The van der Waals surface area contributed by atoms with E-state index >= 15 is 0 Å². The van der Waals surface area contributed by atoms with Gasteiger partial charge >= 0.3 is 7.60 Å². The normalized spacial score (nSPS) is 11.8. The maximum atomic E-state index is 12.0. The van der Waals surface area contributed by atoms with Gasteiger partial charge in [-0.15, -0.1) is 0 Å². The Hall–Kier alpha value is 0.330. The van der Waals surface area contributed by atoms with Gasteiger partial charge in [-0.05, 0) is 49.9 Å². The summed E-state index contributed by atoms with van der Waals surface area (Å²) in [6.07, 6.45) is 0.249. The summed E-state index contributed by atoms with van der Waals surface area (Å²) in [5.41, 5.74) is 2.00. The lowest BCUT2D eigenvalue weighted by molar-refractivity contribution is 0.274. The smallest absolute Gasteiger partial charge is 0.312 e. The minimum Gasteiger partial charge on any atom is -0.312 e. The topological polar surface area (TPSA) is 35.5 Å². The maximum absolute atomic E-state index is 12.0. The van der Waals surface area contributed by atoms with Crippen LogP contribution in [0.15, 0.2) is 21.1 Å². The van der Waals surface area contributed by atoms with E-state index in [2.05, 4.69) is 31.9 Å². The van der Waals surface area contributed by atoms with Crippen LogP contribution in [-0.4, -0.2) is 14.2 Å². The van der Waals surface area contributed by atoms with E-state index in [4.69, 9.17) is 9.05 Å². The van der Waals surface area contributed by atoms with Crippen molar-refractivity contribution < 1.29 is 13.6 Å². The summed E-state index contributed by atoms with van der Waals surface area (Å²) in [7, 11) is -0.235. The van der Waals surface area contributed by atoms with E-state index in [9.17, 15) is 4.57 Å². The molecule has 1 rings (SSSR count). The Morgan fingerprint density at radius 2 is 1.75 bits per heavy atom. The third-order valence-electron chi connectivity index (χ3n) is 2.28. The molecule has 0 atom stereocenters. The Bertz CT molecular complexity index is 426. The van der Waals surface area contributed by atoms with Crippen molar-refractivity contribution in [1.29, 1.82) is 0 Å². The quantitative estimate of drug-likeness (QED) is 0.730. The third-order valence-corrected chi connectivity index (χ3v) is 6.58. The van der Waals surface area contributed by atoms with Crippen molar-refractivity contribution in [2.24, 2.45) is 0 Å².